The van der Waals surface area contributed by atoms with Gasteiger partial charge in [0.25, 0.3) is 0 Å². The highest BCUT2D eigenvalue weighted by molar-refractivity contribution is 9.11. The number of hydrogen-bond donors (Lipinski definition) is 2. The van der Waals surface area contributed by atoms with E-state index in [1.807, 2.05) is 67.6 Å². The summed E-state index contributed by atoms with van der Waals surface area (Å²) in [6.07, 6.45) is 1.55. The Labute approximate surface area is 196 Å². The number of benzene rings is 3. The van der Waals surface area contributed by atoms with Gasteiger partial charge in [0.1, 0.15) is 12.4 Å². The third-order valence-corrected chi connectivity index (χ3v) is 5.67. The average Bonchev–Trinajstić information content (AvgIpc) is 2.70. The molecule has 3 aromatic carbocycles. The minimum atomic E-state index is -0.418. The molecular weight excluding hydrogens is 534 g/mol. The number of hydrazone groups is 1. The average molecular weight is 552 g/mol. The van der Waals surface area contributed by atoms with E-state index in [9.17, 15) is 4.79 Å². The highest BCUT2D eigenvalue weighted by Gasteiger charge is 2.10. The van der Waals surface area contributed by atoms with Gasteiger partial charge in [-0.25, -0.2) is 10.2 Å². The van der Waals surface area contributed by atoms with Crippen molar-refractivity contribution < 1.29 is 9.53 Å². The van der Waals surface area contributed by atoms with Crippen molar-refractivity contribution in [1.82, 2.24) is 5.43 Å². The van der Waals surface area contributed by atoms with Crippen LogP contribution in [0.25, 0.3) is 0 Å². The second-order valence-corrected chi connectivity index (χ2v) is 8.45. The van der Waals surface area contributed by atoms with Crippen molar-refractivity contribution >= 4 is 61.4 Å². The minimum absolute atomic E-state index is 0.338. The fraction of sp³-hybridized carbons (Fsp3) is 0.0909. The highest BCUT2D eigenvalue weighted by atomic mass is 79.9. The third-order valence-electron chi connectivity index (χ3n) is 4.12. The Hall–Kier alpha value is -2.35. The molecule has 8 heteroatoms. The third kappa shape index (κ3) is 6.08. The first kappa shape index (κ1) is 22.3. The number of urea groups is 1. The van der Waals surface area contributed by atoms with Gasteiger partial charge in [-0.05, 0) is 74.2 Å². The molecule has 0 aliphatic rings. The second kappa shape index (κ2) is 10.6. The van der Waals surface area contributed by atoms with Crippen LogP contribution in [0.15, 0.2) is 74.7 Å². The number of carbonyl (C=O) groups is 1. The van der Waals surface area contributed by atoms with E-state index in [-0.39, 0.29) is 0 Å². The maximum Gasteiger partial charge on any atom is 0.339 e. The lowest BCUT2D eigenvalue weighted by Gasteiger charge is -2.12. The summed E-state index contributed by atoms with van der Waals surface area (Å²) < 4.78 is 7.40. The number of halogens is 3. The molecule has 0 fully saturated rings. The van der Waals surface area contributed by atoms with Gasteiger partial charge in [-0.15, -0.1) is 0 Å². The first-order valence-corrected chi connectivity index (χ1v) is 10.9. The number of para-hydroxylation sites is 1. The summed E-state index contributed by atoms with van der Waals surface area (Å²) >= 11 is 13.2. The van der Waals surface area contributed by atoms with E-state index >= 15 is 0 Å². The van der Waals surface area contributed by atoms with Crippen molar-refractivity contribution in [2.24, 2.45) is 5.10 Å². The van der Waals surface area contributed by atoms with Crippen molar-refractivity contribution in [3.63, 3.8) is 0 Å². The van der Waals surface area contributed by atoms with E-state index in [1.54, 1.807) is 6.21 Å². The predicted molar refractivity (Wildman–Crippen MR) is 129 cm³/mol. The van der Waals surface area contributed by atoms with E-state index in [0.717, 1.165) is 31.3 Å². The van der Waals surface area contributed by atoms with E-state index in [2.05, 4.69) is 47.7 Å². The van der Waals surface area contributed by atoms with Crippen LogP contribution in [-0.2, 0) is 6.61 Å². The van der Waals surface area contributed by atoms with Gasteiger partial charge in [-0.3, -0.25) is 0 Å². The van der Waals surface area contributed by atoms with Crippen molar-refractivity contribution in [3.8, 4) is 5.75 Å². The van der Waals surface area contributed by atoms with Crippen LogP contribution in [-0.4, -0.2) is 12.2 Å². The molecule has 0 saturated carbocycles. The summed E-state index contributed by atoms with van der Waals surface area (Å²) in [6.45, 7) is 2.26. The van der Waals surface area contributed by atoms with Crippen LogP contribution in [0.4, 0.5) is 10.5 Å². The van der Waals surface area contributed by atoms with Gasteiger partial charge in [0.15, 0.2) is 0 Å². The normalized spacial score (nSPS) is 10.8. The lowest BCUT2D eigenvalue weighted by atomic mass is 10.2. The standard InChI is InChI=1S/C22H18Br2ClN3O2/c1-14-6-2-5-9-20(14)27-22(29)28-26-12-15-10-17(23)21(18(24)11-15)30-13-16-7-3-4-8-19(16)25/h2-12H,13H2,1H3,(H2,27,28,29). The molecule has 0 radical (unpaired) electrons. The number of nitrogens with one attached hydrogen (secondary N) is 2. The number of hydrogen-bond acceptors (Lipinski definition) is 3. The van der Waals surface area contributed by atoms with E-state index in [1.165, 1.54) is 0 Å². The number of nitrogens with zero attached hydrogens (tertiary/aromatic N) is 1. The van der Waals surface area contributed by atoms with Crippen LogP contribution < -0.4 is 15.5 Å². The quantitative estimate of drug-likeness (QED) is 0.258. The molecule has 0 unspecified atom stereocenters. The van der Waals surface area contributed by atoms with Gasteiger partial charge in [-0.1, -0.05) is 48.0 Å². The Morgan fingerprint density at radius 3 is 2.47 bits per heavy atom. The molecule has 0 atom stereocenters. The lowest BCUT2D eigenvalue weighted by molar-refractivity contribution is 0.252. The zero-order valence-corrected chi connectivity index (χ0v) is 19.9. The lowest BCUT2D eigenvalue weighted by Crippen LogP contribution is -2.24. The van der Waals surface area contributed by atoms with Crippen molar-refractivity contribution in [2.45, 2.75) is 13.5 Å². The van der Waals surface area contributed by atoms with E-state index < -0.39 is 6.03 Å². The van der Waals surface area contributed by atoms with Gasteiger partial charge in [-0.2, -0.15) is 5.10 Å². The molecule has 0 aromatic heterocycles. The Morgan fingerprint density at radius 1 is 1.10 bits per heavy atom. The summed E-state index contributed by atoms with van der Waals surface area (Å²) in [5.41, 5.74) is 5.83. The molecule has 30 heavy (non-hydrogen) atoms. The molecule has 154 valence electrons. The number of carbonyl (C=O) groups excluding carboxylic acids is 1. The van der Waals surface area contributed by atoms with Gasteiger partial charge in [0.05, 0.1) is 15.2 Å². The second-order valence-electron chi connectivity index (χ2n) is 6.33. The smallest absolute Gasteiger partial charge is 0.339 e. The van der Waals surface area contributed by atoms with E-state index in [0.29, 0.717) is 17.4 Å². The van der Waals surface area contributed by atoms with Crippen LogP contribution >= 0.6 is 43.5 Å². The summed E-state index contributed by atoms with van der Waals surface area (Å²) in [6, 6.07) is 18.3. The minimum Gasteiger partial charge on any atom is -0.486 e. The highest BCUT2D eigenvalue weighted by Crippen LogP contribution is 2.35. The fourth-order valence-corrected chi connectivity index (χ4v) is 4.23. The van der Waals surface area contributed by atoms with Crippen LogP contribution in [0.3, 0.4) is 0 Å². The van der Waals surface area contributed by atoms with Gasteiger partial charge >= 0.3 is 6.03 Å². The van der Waals surface area contributed by atoms with E-state index in [4.69, 9.17) is 16.3 Å². The molecule has 0 aliphatic carbocycles. The molecule has 0 saturated heterocycles. The molecule has 0 spiro atoms. The number of anilines is 1. The topological polar surface area (TPSA) is 62.7 Å². The zero-order valence-electron chi connectivity index (χ0n) is 16.0. The van der Waals surface area contributed by atoms with Gasteiger partial charge in [0, 0.05) is 16.3 Å². The first-order valence-electron chi connectivity index (χ1n) is 8.95. The monoisotopic (exact) mass is 549 g/mol. The molecule has 2 amide bonds. The Bertz CT molecular complexity index is 1070. The van der Waals surface area contributed by atoms with Crippen LogP contribution in [0.2, 0.25) is 5.02 Å². The Morgan fingerprint density at radius 2 is 1.77 bits per heavy atom. The van der Waals surface area contributed by atoms with Crippen LogP contribution in [0.1, 0.15) is 16.7 Å². The van der Waals surface area contributed by atoms with Crippen molar-refractivity contribution in [1.29, 1.82) is 0 Å². The number of rotatable bonds is 6. The largest absolute Gasteiger partial charge is 0.486 e. The molecule has 0 heterocycles. The molecule has 0 aliphatic heterocycles. The van der Waals surface area contributed by atoms with Crippen LogP contribution in [0, 0.1) is 6.92 Å². The number of ether oxygens (including phenoxy) is 1. The fourth-order valence-electron chi connectivity index (χ4n) is 2.59. The molecule has 3 aromatic rings. The molecule has 5 nitrogen and oxygen atoms in total. The first-order chi connectivity index (χ1) is 14.4. The predicted octanol–water partition coefficient (Wildman–Crippen LogP) is 6.91. The zero-order chi connectivity index (χ0) is 21.5. The molecule has 3 rings (SSSR count). The number of aryl methyl sites for hydroxylation is 1. The maximum absolute atomic E-state index is 12.0. The Kier molecular flexibility index (Phi) is 7.90. The summed E-state index contributed by atoms with van der Waals surface area (Å²) in [7, 11) is 0. The van der Waals surface area contributed by atoms with Crippen molar-refractivity contribution in [3.05, 3.63) is 91.3 Å². The van der Waals surface area contributed by atoms with Crippen molar-refractivity contribution in [2.75, 3.05) is 5.32 Å². The summed E-state index contributed by atoms with van der Waals surface area (Å²) in [5, 5.41) is 7.41. The SMILES string of the molecule is Cc1ccccc1NC(=O)NN=Cc1cc(Br)c(OCc2ccccc2Cl)c(Br)c1. The molecular formula is C22H18Br2ClN3O2. The Balaban J connectivity index is 1.61. The van der Waals surface area contributed by atoms with Gasteiger partial charge < -0.3 is 10.1 Å². The maximum atomic E-state index is 12.0. The number of amides is 2. The molecule has 0 bridgehead atoms. The summed E-state index contributed by atoms with van der Waals surface area (Å²) in [4.78, 5) is 12.0. The summed E-state index contributed by atoms with van der Waals surface area (Å²) in [5.74, 6) is 0.650. The van der Waals surface area contributed by atoms with Crippen LogP contribution in [0.5, 0.6) is 5.75 Å². The molecule has 2 N–H and O–H groups in total. The van der Waals surface area contributed by atoms with Gasteiger partial charge in [0.2, 0.25) is 0 Å².